The van der Waals surface area contributed by atoms with Gasteiger partial charge in [0.25, 0.3) is 5.91 Å². The summed E-state index contributed by atoms with van der Waals surface area (Å²) in [6.07, 6.45) is 3.02. The molecule has 3 aromatic rings. The fourth-order valence-corrected chi connectivity index (χ4v) is 2.06. The minimum atomic E-state index is -0.374. The highest BCUT2D eigenvalue weighted by molar-refractivity contribution is 5.84. The smallest absolute Gasteiger partial charge is 0.277 e. The van der Waals surface area contributed by atoms with Crippen LogP contribution in [0, 0.1) is 0 Å². The quantitative estimate of drug-likeness (QED) is 0.551. The zero-order chi connectivity index (χ0) is 17.5. The van der Waals surface area contributed by atoms with Gasteiger partial charge in [-0.1, -0.05) is 12.1 Å². The van der Waals surface area contributed by atoms with Gasteiger partial charge < -0.3 is 9.47 Å². The summed E-state index contributed by atoms with van der Waals surface area (Å²) in [5.41, 5.74) is 4.50. The summed E-state index contributed by atoms with van der Waals surface area (Å²) >= 11 is 0. The van der Waals surface area contributed by atoms with Crippen LogP contribution in [0.3, 0.4) is 0 Å². The minimum absolute atomic E-state index is 0.146. The van der Waals surface area contributed by atoms with E-state index in [2.05, 4.69) is 20.5 Å². The SMILES string of the molecule is COc1ccc(OCC(=O)N/N=C\c2cnc3ccccc3n2)cc1. The molecular formula is C18H16N4O3. The van der Waals surface area contributed by atoms with E-state index >= 15 is 0 Å². The van der Waals surface area contributed by atoms with Gasteiger partial charge in [-0.25, -0.2) is 10.4 Å². The molecule has 0 atom stereocenters. The fourth-order valence-electron chi connectivity index (χ4n) is 2.06. The van der Waals surface area contributed by atoms with E-state index < -0.39 is 0 Å². The average molecular weight is 336 g/mol. The molecule has 0 aliphatic rings. The van der Waals surface area contributed by atoms with Crippen molar-refractivity contribution >= 4 is 23.2 Å². The Bertz CT molecular complexity index is 894. The van der Waals surface area contributed by atoms with Crippen molar-refractivity contribution in [3.05, 3.63) is 60.4 Å². The van der Waals surface area contributed by atoms with Gasteiger partial charge in [-0.3, -0.25) is 9.78 Å². The number of ether oxygens (including phenoxy) is 2. The predicted octanol–water partition coefficient (Wildman–Crippen LogP) is 2.17. The number of carbonyl (C=O) groups excluding carboxylic acids is 1. The predicted molar refractivity (Wildman–Crippen MR) is 93.8 cm³/mol. The number of carbonyl (C=O) groups is 1. The first-order valence-corrected chi connectivity index (χ1v) is 7.55. The number of hydrogen-bond acceptors (Lipinski definition) is 6. The van der Waals surface area contributed by atoms with Crippen LogP contribution in [0.1, 0.15) is 5.69 Å². The number of para-hydroxylation sites is 2. The summed E-state index contributed by atoms with van der Waals surface area (Å²) in [4.78, 5) is 20.4. The maximum absolute atomic E-state index is 11.7. The minimum Gasteiger partial charge on any atom is -0.497 e. The second-order valence-corrected chi connectivity index (χ2v) is 5.04. The third kappa shape index (κ3) is 4.51. The van der Waals surface area contributed by atoms with E-state index in [0.29, 0.717) is 11.4 Å². The molecular weight excluding hydrogens is 320 g/mol. The Hall–Kier alpha value is -3.48. The van der Waals surface area contributed by atoms with Crippen molar-refractivity contribution in [3.8, 4) is 11.5 Å². The van der Waals surface area contributed by atoms with Crippen molar-refractivity contribution in [1.82, 2.24) is 15.4 Å². The van der Waals surface area contributed by atoms with Crippen molar-refractivity contribution in [2.75, 3.05) is 13.7 Å². The van der Waals surface area contributed by atoms with Crippen LogP contribution in [0.2, 0.25) is 0 Å². The van der Waals surface area contributed by atoms with Gasteiger partial charge in [-0.05, 0) is 36.4 Å². The lowest BCUT2D eigenvalue weighted by Crippen LogP contribution is -2.24. The van der Waals surface area contributed by atoms with Crippen LogP contribution < -0.4 is 14.9 Å². The van der Waals surface area contributed by atoms with Crippen molar-refractivity contribution in [2.45, 2.75) is 0 Å². The highest BCUT2D eigenvalue weighted by atomic mass is 16.5. The normalized spacial score (nSPS) is 10.8. The summed E-state index contributed by atoms with van der Waals surface area (Å²) in [5, 5.41) is 3.86. The zero-order valence-corrected chi connectivity index (χ0v) is 13.5. The molecule has 0 radical (unpaired) electrons. The number of amides is 1. The lowest BCUT2D eigenvalue weighted by molar-refractivity contribution is -0.123. The molecule has 2 aromatic carbocycles. The summed E-state index contributed by atoms with van der Waals surface area (Å²) < 4.78 is 10.4. The van der Waals surface area contributed by atoms with E-state index in [1.807, 2.05) is 24.3 Å². The number of aromatic nitrogens is 2. The highest BCUT2D eigenvalue weighted by Gasteiger charge is 2.02. The molecule has 126 valence electrons. The Morgan fingerprint density at radius 1 is 1.12 bits per heavy atom. The first kappa shape index (κ1) is 16.4. The second-order valence-electron chi connectivity index (χ2n) is 5.04. The Morgan fingerprint density at radius 3 is 2.60 bits per heavy atom. The van der Waals surface area contributed by atoms with Gasteiger partial charge in [0, 0.05) is 0 Å². The number of benzene rings is 2. The molecule has 0 saturated heterocycles. The first-order valence-electron chi connectivity index (χ1n) is 7.55. The van der Waals surface area contributed by atoms with Crippen LogP contribution in [0.4, 0.5) is 0 Å². The van der Waals surface area contributed by atoms with Crippen LogP contribution in [0.15, 0.2) is 59.8 Å². The van der Waals surface area contributed by atoms with Crippen LogP contribution in [0.25, 0.3) is 11.0 Å². The topological polar surface area (TPSA) is 85.7 Å². The van der Waals surface area contributed by atoms with E-state index in [1.165, 1.54) is 6.21 Å². The number of nitrogens with one attached hydrogen (secondary N) is 1. The molecule has 7 nitrogen and oxygen atoms in total. The maximum atomic E-state index is 11.7. The van der Waals surface area contributed by atoms with Crippen LogP contribution in [-0.2, 0) is 4.79 Å². The Labute approximate surface area is 144 Å². The number of hydrogen-bond donors (Lipinski definition) is 1. The molecule has 0 aliphatic heterocycles. The van der Waals surface area contributed by atoms with E-state index in [0.717, 1.165) is 16.8 Å². The Balaban J connectivity index is 1.51. The lowest BCUT2D eigenvalue weighted by Gasteiger charge is -2.05. The largest absolute Gasteiger partial charge is 0.497 e. The Kier molecular flexibility index (Phi) is 5.16. The number of nitrogens with zero attached hydrogens (tertiary/aromatic N) is 3. The van der Waals surface area contributed by atoms with E-state index in [-0.39, 0.29) is 12.5 Å². The average Bonchev–Trinajstić information content (AvgIpc) is 2.66. The van der Waals surface area contributed by atoms with Crippen LogP contribution in [-0.4, -0.2) is 35.8 Å². The molecule has 7 heteroatoms. The van der Waals surface area contributed by atoms with E-state index in [9.17, 15) is 4.79 Å². The standard InChI is InChI=1S/C18H16N4O3/c1-24-14-6-8-15(9-7-14)25-12-18(23)22-20-11-13-10-19-16-4-2-3-5-17(16)21-13/h2-11H,12H2,1H3,(H,22,23)/b20-11-. The van der Waals surface area contributed by atoms with E-state index in [1.54, 1.807) is 37.6 Å². The monoisotopic (exact) mass is 336 g/mol. The zero-order valence-electron chi connectivity index (χ0n) is 13.5. The molecule has 1 aromatic heterocycles. The van der Waals surface area contributed by atoms with Crippen molar-refractivity contribution < 1.29 is 14.3 Å². The third-order valence-corrected chi connectivity index (χ3v) is 3.28. The Morgan fingerprint density at radius 2 is 1.84 bits per heavy atom. The van der Waals surface area contributed by atoms with Gasteiger partial charge in [0.05, 0.1) is 30.6 Å². The van der Waals surface area contributed by atoms with Crippen LogP contribution >= 0.6 is 0 Å². The molecule has 0 unspecified atom stereocenters. The van der Waals surface area contributed by atoms with Gasteiger partial charge >= 0.3 is 0 Å². The van der Waals surface area contributed by atoms with Gasteiger partial charge in [0.15, 0.2) is 6.61 Å². The summed E-state index contributed by atoms with van der Waals surface area (Å²) in [5.74, 6) is 0.916. The molecule has 0 fully saturated rings. The lowest BCUT2D eigenvalue weighted by atomic mass is 10.3. The van der Waals surface area contributed by atoms with Gasteiger partial charge in [0.2, 0.25) is 0 Å². The van der Waals surface area contributed by atoms with E-state index in [4.69, 9.17) is 9.47 Å². The molecule has 0 aliphatic carbocycles. The molecule has 25 heavy (non-hydrogen) atoms. The fraction of sp³-hybridized carbons (Fsp3) is 0.111. The number of fused-ring (bicyclic) bond motifs is 1. The summed E-state index contributed by atoms with van der Waals surface area (Å²) in [6, 6.07) is 14.5. The number of rotatable bonds is 6. The van der Waals surface area contributed by atoms with Gasteiger partial charge in [-0.2, -0.15) is 5.10 Å². The maximum Gasteiger partial charge on any atom is 0.277 e. The van der Waals surface area contributed by atoms with Gasteiger partial charge in [-0.15, -0.1) is 0 Å². The molecule has 0 saturated carbocycles. The van der Waals surface area contributed by atoms with Crippen LogP contribution in [0.5, 0.6) is 11.5 Å². The molecule has 1 heterocycles. The van der Waals surface area contributed by atoms with Crippen molar-refractivity contribution in [1.29, 1.82) is 0 Å². The molecule has 1 amide bonds. The van der Waals surface area contributed by atoms with Gasteiger partial charge in [0.1, 0.15) is 17.2 Å². The molecule has 1 N–H and O–H groups in total. The summed E-state index contributed by atoms with van der Waals surface area (Å²) in [6.45, 7) is -0.146. The van der Waals surface area contributed by atoms with Crippen molar-refractivity contribution in [2.24, 2.45) is 5.10 Å². The van der Waals surface area contributed by atoms with Crippen molar-refractivity contribution in [3.63, 3.8) is 0 Å². The number of methoxy groups -OCH3 is 1. The molecule has 0 bridgehead atoms. The highest BCUT2D eigenvalue weighted by Crippen LogP contribution is 2.16. The second kappa shape index (κ2) is 7.87. The first-order chi connectivity index (χ1) is 12.2. The number of hydrazone groups is 1. The third-order valence-electron chi connectivity index (χ3n) is 3.28. The summed E-state index contributed by atoms with van der Waals surface area (Å²) in [7, 11) is 1.58. The molecule has 0 spiro atoms. The molecule has 3 rings (SSSR count).